The number of methoxy groups -OCH3 is 1. The SMILES string of the molecule is COC(=O)CCC1=C2CCCCC2=NC1. The fourth-order valence-corrected chi connectivity index (χ4v) is 2.32. The number of aliphatic imine (C=N–C) groups is 1. The first-order chi connectivity index (χ1) is 7.31. The van der Waals surface area contributed by atoms with Crippen molar-refractivity contribution in [2.75, 3.05) is 13.7 Å². The van der Waals surface area contributed by atoms with Crippen LogP contribution in [0.15, 0.2) is 16.1 Å². The average molecular weight is 207 g/mol. The van der Waals surface area contributed by atoms with Gasteiger partial charge in [0.1, 0.15) is 0 Å². The van der Waals surface area contributed by atoms with Gasteiger partial charge in [-0.25, -0.2) is 0 Å². The van der Waals surface area contributed by atoms with Crippen molar-refractivity contribution in [2.24, 2.45) is 4.99 Å². The number of hydrogen-bond acceptors (Lipinski definition) is 3. The van der Waals surface area contributed by atoms with Crippen LogP contribution < -0.4 is 0 Å². The number of esters is 1. The summed E-state index contributed by atoms with van der Waals surface area (Å²) in [6.07, 6.45) is 6.17. The molecule has 0 amide bonds. The van der Waals surface area contributed by atoms with Crippen molar-refractivity contribution >= 4 is 11.7 Å². The Kier molecular flexibility index (Phi) is 3.19. The number of carbonyl (C=O) groups excluding carboxylic acids is 1. The lowest BCUT2D eigenvalue weighted by molar-refractivity contribution is -0.140. The number of allylic oxidation sites excluding steroid dienone is 1. The molecule has 0 spiro atoms. The summed E-state index contributed by atoms with van der Waals surface area (Å²) in [5.41, 5.74) is 4.13. The highest BCUT2D eigenvalue weighted by atomic mass is 16.5. The van der Waals surface area contributed by atoms with Crippen molar-refractivity contribution in [1.29, 1.82) is 0 Å². The third-order valence-corrected chi connectivity index (χ3v) is 3.18. The Morgan fingerprint density at radius 3 is 3.00 bits per heavy atom. The minimum absolute atomic E-state index is 0.118. The second kappa shape index (κ2) is 4.60. The maximum Gasteiger partial charge on any atom is 0.305 e. The van der Waals surface area contributed by atoms with E-state index in [4.69, 9.17) is 0 Å². The molecule has 0 aromatic rings. The molecule has 0 N–H and O–H groups in total. The van der Waals surface area contributed by atoms with Crippen molar-refractivity contribution in [2.45, 2.75) is 38.5 Å². The maximum atomic E-state index is 11.0. The number of rotatable bonds is 3. The second-order valence-electron chi connectivity index (χ2n) is 4.13. The molecular weight excluding hydrogens is 190 g/mol. The number of nitrogens with zero attached hydrogens (tertiary/aromatic N) is 1. The number of carbonyl (C=O) groups is 1. The summed E-state index contributed by atoms with van der Waals surface area (Å²) in [4.78, 5) is 15.6. The third-order valence-electron chi connectivity index (χ3n) is 3.18. The van der Waals surface area contributed by atoms with Gasteiger partial charge < -0.3 is 4.74 Å². The van der Waals surface area contributed by atoms with E-state index in [-0.39, 0.29) is 5.97 Å². The summed E-state index contributed by atoms with van der Waals surface area (Å²) >= 11 is 0. The van der Waals surface area contributed by atoms with Crippen LogP contribution in [0.3, 0.4) is 0 Å². The molecule has 1 saturated carbocycles. The lowest BCUT2D eigenvalue weighted by atomic mass is 9.90. The molecule has 0 unspecified atom stereocenters. The van der Waals surface area contributed by atoms with Crippen LogP contribution in [0.25, 0.3) is 0 Å². The lowest BCUT2D eigenvalue weighted by Crippen LogP contribution is -2.08. The van der Waals surface area contributed by atoms with E-state index in [1.165, 1.54) is 36.8 Å². The van der Waals surface area contributed by atoms with Crippen LogP contribution in [0.1, 0.15) is 38.5 Å². The Labute approximate surface area is 90.2 Å². The predicted octanol–water partition coefficient (Wildman–Crippen LogP) is 2.26. The molecule has 0 aromatic carbocycles. The number of ether oxygens (including phenoxy) is 1. The molecule has 0 bridgehead atoms. The van der Waals surface area contributed by atoms with Gasteiger partial charge in [0.05, 0.1) is 13.7 Å². The van der Waals surface area contributed by atoms with Gasteiger partial charge in [0.15, 0.2) is 0 Å². The molecule has 15 heavy (non-hydrogen) atoms. The third kappa shape index (κ3) is 2.28. The van der Waals surface area contributed by atoms with Gasteiger partial charge in [0.25, 0.3) is 0 Å². The van der Waals surface area contributed by atoms with E-state index in [2.05, 4.69) is 9.73 Å². The molecule has 0 radical (unpaired) electrons. The first kappa shape index (κ1) is 10.4. The van der Waals surface area contributed by atoms with E-state index in [9.17, 15) is 4.79 Å². The molecule has 0 saturated heterocycles. The van der Waals surface area contributed by atoms with Crippen molar-refractivity contribution < 1.29 is 9.53 Å². The maximum absolute atomic E-state index is 11.0. The van der Waals surface area contributed by atoms with Crippen molar-refractivity contribution in [1.82, 2.24) is 0 Å². The second-order valence-corrected chi connectivity index (χ2v) is 4.13. The molecule has 1 heterocycles. The Hall–Kier alpha value is -1.12. The van der Waals surface area contributed by atoms with E-state index in [0.29, 0.717) is 6.42 Å². The topological polar surface area (TPSA) is 38.7 Å². The van der Waals surface area contributed by atoms with Crippen molar-refractivity contribution in [3.8, 4) is 0 Å². The van der Waals surface area contributed by atoms with Gasteiger partial charge in [0.2, 0.25) is 0 Å². The molecule has 1 aliphatic carbocycles. The van der Waals surface area contributed by atoms with Crippen molar-refractivity contribution in [3.63, 3.8) is 0 Å². The van der Waals surface area contributed by atoms with Crippen LogP contribution in [0.2, 0.25) is 0 Å². The minimum Gasteiger partial charge on any atom is -0.469 e. The smallest absolute Gasteiger partial charge is 0.305 e. The number of fused-ring (bicyclic) bond motifs is 1. The average Bonchev–Trinajstić information content (AvgIpc) is 2.69. The van der Waals surface area contributed by atoms with E-state index >= 15 is 0 Å². The molecule has 1 aliphatic heterocycles. The van der Waals surface area contributed by atoms with Gasteiger partial charge in [0, 0.05) is 12.1 Å². The van der Waals surface area contributed by atoms with Crippen LogP contribution in [-0.2, 0) is 9.53 Å². The standard InChI is InChI=1S/C12H17NO2/c1-15-12(14)7-6-9-8-13-11-5-3-2-4-10(9)11/h2-8H2,1H3. The highest BCUT2D eigenvalue weighted by molar-refractivity contribution is 6.03. The van der Waals surface area contributed by atoms with E-state index in [1.807, 2.05) is 0 Å². The van der Waals surface area contributed by atoms with Crippen LogP contribution in [-0.4, -0.2) is 25.3 Å². The number of hydrogen-bond donors (Lipinski definition) is 0. The quantitative estimate of drug-likeness (QED) is 0.666. The van der Waals surface area contributed by atoms with Crippen LogP contribution in [0.4, 0.5) is 0 Å². The fourth-order valence-electron chi connectivity index (χ4n) is 2.32. The van der Waals surface area contributed by atoms with E-state index in [1.54, 1.807) is 0 Å². The molecule has 1 fully saturated rings. The zero-order valence-electron chi connectivity index (χ0n) is 9.21. The van der Waals surface area contributed by atoms with Crippen molar-refractivity contribution in [3.05, 3.63) is 11.1 Å². The zero-order valence-corrected chi connectivity index (χ0v) is 9.21. The van der Waals surface area contributed by atoms with Gasteiger partial charge >= 0.3 is 5.97 Å². The Bertz CT molecular complexity index is 329. The Balaban J connectivity index is 1.96. The molecule has 2 aliphatic rings. The lowest BCUT2D eigenvalue weighted by Gasteiger charge is -2.14. The summed E-state index contributed by atoms with van der Waals surface area (Å²) in [6, 6.07) is 0. The molecule has 0 atom stereocenters. The first-order valence-electron chi connectivity index (χ1n) is 5.62. The summed E-state index contributed by atoms with van der Waals surface area (Å²) in [5, 5.41) is 0. The predicted molar refractivity (Wildman–Crippen MR) is 59.0 cm³/mol. The largest absolute Gasteiger partial charge is 0.469 e. The monoisotopic (exact) mass is 207 g/mol. The van der Waals surface area contributed by atoms with Gasteiger partial charge in [-0.2, -0.15) is 0 Å². The Morgan fingerprint density at radius 2 is 2.20 bits per heavy atom. The van der Waals surface area contributed by atoms with Gasteiger partial charge in [-0.3, -0.25) is 9.79 Å². The first-order valence-corrected chi connectivity index (χ1v) is 5.62. The van der Waals surface area contributed by atoms with Gasteiger partial charge in [-0.1, -0.05) is 0 Å². The normalized spacial score (nSPS) is 19.9. The van der Waals surface area contributed by atoms with Crippen LogP contribution in [0, 0.1) is 0 Å². The molecule has 3 heteroatoms. The molecule has 0 aromatic heterocycles. The molecule has 3 nitrogen and oxygen atoms in total. The Morgan fingerprint density at radius 1 is 1.40 bits per heavy atom. The zero-order chi connectivity index (χ0) is 10.7. The van der Waals surface area contributed by atoms with Crippen LogP contribution in [0.5, 0.6) is 0 Å². The summed E-state index contributed by atoms with van der Waals surface area (Å²) in [6.45, 7) is 0.821. The highest BCUT2D eigenvalue weighted by Gasteiger charge is 2.22. The highest BCUT2D eigenvalue weighted by Crippen LogP contribution is 2.30. The van der Waals surface area contributed by atoms with Gasteiger partial charge in [-0.05, 0) is 43.3 Å². The fraction of sp³-hybridized carbons (Fsp3) is 0.667. The van der Waals surface area contributed by atoms with Gasteiger partial charge in [-0.15, -0.1) is 0 Å². The van der Waals surface area contributed by atoms with E-state index < -0.39 is 0 Å². The summed E-state index contributed by atoms with van der Waals surface area (Å²) in [5.74, 6) is -0.118. The minimum atomic E-state index is -0.118. The molecule has 82 valence electrons. The molecule has 2 rings (SSSR count). The molecular formula is C12H17NO2. The van der Waals surface area contributed by atoms with E-state index in [0.717, 1.165) is 25.8 Å². The summed E-state index contributed by atoms with van der Waals surface area (Å²) in [7, 11) is 1.44. The van der Waals surface area contributed by atoms with Crippen LogP contribution >= 0.6 is 0 Å². The summed E-state index contributed by atoms with van der Waals surface area (Å²) < 4.78 is 4.65.